The fraction of sp³-hybridized carbons (Fsp3) is 0.200. The topological polar surface area (TPSA) is 20.2 Å². The molecule has 0 heterocycles. The molecule has 0 amide bonds. The van der Waals surface area contributed by atoms with Gasteiger partial charge in [0.05, 0.1) is 5.56 Å². The van der Waals surface area contributed by atoms with Crippen molar-refractivity contribution in [3.8, 4) is 17.2 Å². The Labute approximate surface area is 163 Å². The summed E-state index contributed by atoms with van der Waals surface area (Å²) < 4.78 is 0. The first-order valence-electron chi connectivity index (χ1n) is 9.28. The number of aromatic hydroxyl groups is 1. The van der Waals surface area contributed by atoms with Gasteiger partial charge in [0.15, 0.2) is 0 Å². The van der Waals surface area contributed by atoms with Gasteiger partial charge in [-0.15, -0.1) is 5.54 Å². The predicted octanol–water partition coefficient (Wildman–Crippen LogP) is 4.65. The lowest BCUT2D eigenvalue weighted by molar-refractivity contribution is 0.473. The molecule has 0 spiro atoms. The molecule has 136 valence electrons. The minimum Gasteiger partial charge on any atom is -0.507 e. The van der Waals surface area contributed by atoms with Crippen molar-refractivity contribution in [2.24, 2.45) is 0 Å². The molecule has 3 rings (SSSR count). The Kier molecular flexibility index (Phi) is 5.26. The van der Waals surface area contributed by atoms with E-state index in [0.717, 1.165) is 5.56 Å². The molecule has 0 aliphatic carbocycles. The first kappa shape index (κ1) is 19.0. The van der Waals surface area contributed by atoms with Gasteiger partial charge in [-0.05, 0) is 40.0 Å². The van der Waals surface area contributed by atoms with Gasteiger partial charge in [0.1, 0.15) is 5.75 Å². The molecule has 1 nitrogen and oxygen atoms in total. The van der Waals surface area contributed by atoms with Gasteiger partial charge < -0.3 is 5.11 Å². The van der Waals surface area contributed by atoms with Crippen LogP contribution in [0, 0.1) is 18.4 Å². The zero-order valence-electron chi connectivity index (χ0n) is 16.5. The lowest BCUT2D eigenvalue weighted by atomic mass is 10.1. The number of rotatable bonds is 2. The van der Waals surface area contributed by atoms with Crippen molar-refractivity contribution >= 4 is 18.4 Å². The van der Waals surface area contributed by atoms with Crippen LogP contribution in [0.15, 0.2) is 78.9 Å². The lowest BCUT2D eigenvalue weighted by Gasteiger charge is -2.39. The number of phenolic OH excluding ortho intramolecular Hbond substituents is 1. The van der Waals surface area contributed by atoms with E-state index in [1.54, 1.807) is 6.07 Å². The highest BCUT2D eigenvalue weighted by Crippen LogP contribution is 2.35. The number of benzene rings is 3. The maximum atomic E-state index is 10.3. The van der Waals surface area contributed by atoms with Gasteiger partial charge in [-0.3, -0.25) is 0 Å². The molecule has 0 saturated heterocycles. The summed E-state index contributed by atoms with van der Waals surface area (Å²) in [6.45, 7) is 8.87. The van der Waals surface area contributed by atoms with Gasteiger partial charge in [-0.2, -0.15) is 0 Å². The largest absolute Gasteiger partial charge is 0.507 e. The molecule has 0 bridgehead atoms. The third-order valence-corrected chi connectivity index (χ3v) is 10.2. The summed E-state index contributed by atoms with van der Waals surface area (Å²) in [5.41, 5.74) is 5.51. The van der Waals surface area contributed by atoms with Gasteiger partial charge in [-0.25, -0.2) is 0 Å². The quantitative estimate of drug-likeness (QED) is 0.514. The summed E-state index contributed by atoms with van der Waals surface area (Å²) in [6, 6.07) is 26.9. The molecule has 0 aliphatic rings. The number of hydrogen-bond donors (Lipinski definition) is 1. The average Bonchev–Trinajstić information content (AvgIpc) is 2.65. The van der Waals surface area contributed by atoms with Crippen molar-refractivity contribution in [1.29, 1.82) is 0 Å². The summed E-state index contributed by atoms with van der Waals surface area (Å²) >= 11 is 0. The zero-order chi connectivity index (χ0) is 19.5. The first-order valence-corrected chi connectivity index (χ1v) is 11.3. The van der Waals surface area contributed by atoms with Crippen LogP contribution < -0.4 is 10.4 Å². The fourth-order valence-electron chi connectivity index (χ4n) is 3.65. The maximum absolute atomic E-state index is 10.3. The Hall–Kier alpha value is -2.76. The minimum absolute atomic E-state index is 0.0256. The van der Waals surface area contributed by atoms with E-state index >= 15 is 0 Å². The Morgan fingerprint density at radius 2 is 1.30 bits per heavy atom. The molecule has 27 heavy (non-hydrogen) atoms. The van der Waals surface area contributed by atoms with Crippen molar-refractivity contribution in [3.63, 3.8) is 0 Å². The van der Waals surface area contributed by atoms with Crippen LogP contribution in [0.3, 0.4) is 0 Å². The molecular formula is C25H26OSi. The Morgan fingerprint density at radius 1 is 0.778 bits per heavy atom. The number of hydrogen-bond acceptors (Lipinski definition) is 1. The second-order valence-corrected chi connectivity index (χ2v) is 12.4. The smallest absolute Gasteiger partial charge is 0.204 e. The van der Waals surface area contributed by atoms with E-state index in [1.165, 1.54) is 10.4 Å². The van der Waals surface area contributed by atoms with Gasteiger partial charge in [-0.1, -0.05) is 93.4 Å². The monoisotopic (exact) mass is 370 g/mol. The normalized spacial score (nSPS) is 11.6. The van der Waals surface area contributed by atoms with Crippen LogP contribution in [0.2, 0.25) is 5.04 Å². The van der Waals surface area contributed by atoms with Gasteiger partial charge in [0.2, 0.25) is 8.07 Å². The van der Waals surface area contributed by atoms with E-state index in [4.69, 9.17) is 0 Å². The third kappa shape index (κ3) is 3.70. The molecule has 0 saturated carbocycles. The van der Waals surface area contributed by atoms with Crippen LogP contribution >= 0.6 is 0 Å². The minimum atomic E-state index is -2.44. The molecule has 3 aromatic carbocycles. The Balaban J connectivity index is 2.32. The van der Waals surface area contributed by atoms with E-state index in [2.05, 4.69) is 92.9 Å². The third-order valence-electron chi connectivity index (χ3n) is 5.08. The van der Waals surface area contributed by atoms with Gasteiger partial charge >= 0.3 is 0 Å². The number of phenols is 1. The summed E-state index contributed by atoms with van der Waals surface area (Å²) in [5, 5.41) is 12.9. The summed E-state index contributed by atoms with van der Waals surface area (Å²) in [4.78, 5) is 0. The van der Waals surface area contributed by atoms with Crippen LogP contribution in [0.4, 0.5) is 0 Å². The molecule has 1 N–H and O–H groups in total. The molecule has 0 unspecified atom stereocenters. The standard InChI is InChI=1S/C25H26OSi/c1-20-15-16-24(26)21(19-20)17-18-27(25(2,3)4,22-11-7-5-8-12-22)23-13-9-6-10-14-23/h5-16,19,26H,1-4H3. The fourth-order valence-corrected chi connectivity index (χ4v) is 8.09. The molecule has 0 radical (unpaired) electrons. The highest BCUT2D eigenvalue weighted by molar-refractivity contribution is 7.10. The van der Waals surface area contributed by atoms with E-state index in [-0.39, 0.29) is 10.8 Å². The van der Waals surface area contributed by atoms with Crippen molar-refractivity contribution in [2.45, 2.75) is 32.7 Å². The Morgan fingerprint density at radius 3 is 1.78 bits per heavy atom. The molecule has 0 aliphatic heterocycles. The molecule has 0 aromatic heterocycles. The molecule has 2 heteroatoms. The molecule has 3 aromatic rings. The van der Waals surface area contributed by atoms with Crippen LogP contribution in [0.5, 0.6) is 5.75 Å². The van der Waals surface area contributed by atoms with Crippen LogP contribution in [-0.4, -0.2) is 13.2 Å². The van der Waals surface area contributed by atoms with Crippen molar-refractivity contribution in [1.82, 2.24) is 0 Å². The van der Waals surface area contributed by atoms with Gasteiger partial charge in [0.25, 0.3) is 0 Å². The van der Waals surface area contributed by atoms with E-state index in [9.17, 15) is 5.11 Å². The van der Waals surface area contributed by atoms with E-state index in [1.807, 2.05) is 19.1 Å². The predicted molar refractivity (Wildman–Crippen MR) is 117 cm³/mol. The SMILES string of the molecule is Cc1ccc(O)c(C#C[Si](c2ccccc2)(c2ccccc2)C(C)(C)C)c1. The van der Waals surface area contributed by atoms with Crippen molar-refractivity contribution < 1.29 is 5.11 Å². The lowest BCUT2D eigenvalue weighted by Crippen LogP contribution is -2.63. The van der Waals surface area contributed by atoms with Crippen LogP contribution in [0.25, 0.3) is 0 Å². The zero-order valence-corrected chi connectivity index (χ0v) is 17.5. The van der Waals surface area contributed by atoms with E-state index in [0.29, 0.717) is 5.56 Å². The Bertz CT molecular complexity index is 934. The molecule has 0 atom stereocenters. The van der Waals surface area contributed by atoms with Crippen LogP contribution in [0.1, 0.15) is 31.9 Å². The van der Waals surface area contributed by atoms with Crippen molar-refractivity contribution in [2.75, 3.05) is 0 Å². The van der Waals surface area contributed by atoms with E-state index < -0.39 is 8.07 Å². The van der Waals surface area contributed by atoms with Crippen molar-refractivity contribution in [3.05, 3.63) is 90.0 Å². The highest BCUT2D eigenvalue weighted by Gasteiger charge is 2.47. The number of aryl methyl sites for hydroxylation is 1. The summed E-state index contributed by atoms with van der Waals surface area (Å²) in [7, 11) is -2.44. The highest BCUT2D eigenvalue weighted by atomic mass is 28.3. The summed E-state index contributed by atoms with van der Waals surface area (Å²) in [6.07, 6.45) is 0. The average molecular weight is 371 g/mol. The second kappa shape index (κ2) is 7.46. The second-order valence-electron chi connectivity index (χ2n) is 8.00. The van der Waals surface area contributed by atoms with Gasteiger partial charge in [0, 0.05) is 0 Å². The molecular weight excluding hydrogens is 344 g/mol. The van der Waals surface area contributed by atoms with Crippen LogP contribution in [-0.2, 0) is 0 Å². The first-order chi connectivity index (χ1) is 12.8. The maximum Gasteiger partial charge on any atom is 0.204 e. The molecule has 0 fully saturated rings. The summed E-state index contributed by atoms with van der Waals surface area (Å²) in [5.74, 6) is 3.60.